The summed E-state index contributed by atoms with van der Waals surface area (Å²) in [5.41, 5.74) is 0. The van der Waals surface area contributed by atoms with Crippen molar-refractivity contribution in [2.45, 2.75) is 32.2 Å². The molecule has 110 valence electrons. The Morgan fingerprint density at radius 1 is 1.26 bits per heavy atom. The molecule has 1 aliphatic rings. The molecule has 0 bridgehead atoms. The quantitative estimate of drug-likeness (QED) is 0.681. The third-order valence-corrected chi connectivity index (χ3v) is 3.53. The lowest BCUT2D eigenvalue weighted by molar-refractivity contribution is -0.137. The summed E-state index contributed by atoms with van der Waals surface area (Å²) in [5, 5.41) is 11.5. The van der Waals surface area contributed by atoms with Crippen molar-refractivity contribution in [3.05, 3.63) is 0 Å². The number of hydrogen-bond donors (Lipinski definition) is 2. The fraction of sp³-hybridized carbons (Fsp3) is 0.846. The van der Waals surface area contributed by atoms with E-state index < -0.39 is 5.97 Å². The van der Waals surface area contributed by atoms with Crippen LogP contribution >= 0.6 is 0 Å². The van der Waals surface area contributed by atoms with Crippen molar-refractivity contribution < 1.29 is 14.7 Å². The highest BCUT2D eigenvalue weighted by molar-refractivity contribution is 5.77. The van der Waals surface area contributed by atoms with Crippen molar-refractivity contribution in [2.24, 2.45) is 0 Å². The number of piperazine rings is 1. The van der Waals surface area contributed by atoms with E-state index >= 15 is 0 Å². The standard InChI is InChI=1S/C13H25N3O3/c1-3-11(10-13(18)19)14-12(17)4-5-16-8-6-15(2)7-9-16/h11H,3-10H2,1-2H3,(H,14,17)(H,18,19). The predicted molar refractivity (Wildman–Crippen MR) is 73.0 cm³/mol. The van der Waals surface area contributed by atoms with E-state index in [9.17, 15) is 9.59 Å². The number of likely N-dealkylation sites (N-methyl/N-ethyl adjacent to an activating group) is 1. The van der Waals surface area contributed by atoms with E-state index in [4.69, 9.17) is 5.11 Å². The second kappa shape index (κ2) is 8.12. The first kappa shape index (κ1) is 15.9. The second-order valence-electron chi connectivity index (χ2n) is 5.17. The first-order valence-electron chi connectivity index (χ1n) is 6.93. The van der Waals surface area contributed by atoms with Gasteiger partial charge in [0.15, 0.2) is 0 Å². The number of rotatable bonds is 7. The van der Waals surface area contributed by atoms with E-state index in [0.717, 1.165) is 32.7 Å². The van der Waals surface area contributed by atoms with E-state index in [1.165, 1.54) is 0 Å². The lowest BCUT2D eigenvalue weighted by Gasteiger charge is -2.32. The molecule has 1 rings (SSSR count). The van der Waals surface area contributed by atoms with Gasteiger partial charge < -0.3 is 20.2 Å². The average molecular weight is 271 g/mol. The Hall–Kier alpha value is -1.14. The Balaban J connectivity index is 2.21. The van der Waals surface area contributed by atoms with Gasteiger partial charge in [0.2, 0.25) is 5.91 Å². The zero-order chi connectivity index (χ0) is 14.3. The monoisotopic (exact) mass is 271 g/mol. The minimum Gasteiger partial charge on any atom is -0.481 e. The summed E-state index contributed by atoms with van der Waals surface area (Å²) in [6, 6.07) is -0.252. The number of nitrogens with zero attached hydrogens (tertiary/aromatic N) is 2. The number of carbonyl (C=O) groups is 2. The van der Waals surface area contributed by atoms with Gasteiger partial charge in [0, 0.05) is 45.2 Å². The lowest BCUT2D eigenvalue weighted by atomic mass is 10.1. The Kier molecular flexibility index (Phi) is 6.80. The smallest absolute Gasteiger partial charge is 0.305 e. The number of nitrogens with one attached hydrogen (secondary N) is 1. The van der Waals surface area contributed by atoms with Crippen LogP contribution < -0.4 is 5.32 Å². The van der Waals surface area contributed by atoms with Crippen molar-refractivity contribution in [2.75, 3.05) is 39.8 Å². The van der Waals surface area contributed by atoms with Gasteiger partial charge in [0.05, 0.1) is 6.42 Å². The predicted octanol–water partition coefficient (Wildman–Crippen LogP) is -0.00660. The van der Waals surface area contributed by atoms with Gasteiger partial charge in [-0.1, -0.05) is 6.92 Å². The molecule has 1 amide bonds. The zero-order valence-corrected chi connectivity index (χ0v) is 11.9. The maximum Gasteiger partial charge on any atom is 0.305 e. The van der Waals surface area contributed by atoms with Crippen LogP contribution in [-0.4, -0.2) is 72.6 Å². The summed E-state index contributed by atoms with van der Waals surface area (Å²) < 4.78 is 0. The molecule has 2 N–H and O–H groups in total. The molecule has 1 fully saturated rings. The Labute approximate surface area is 114 Å². The average Bonchev–Trinajstić information content (AvgIpc) is 2.36. The SMILES string of the molecule is CCC(CC(=O)O)NC(=O)CCN1CCN(C)CC1. The van der Waals surface area contributed by atoms with Crippen molar-refractivity contribution in [3.8, 4) is 0 Å². The number of hydrogen-bond acceptors (Lipinski definition) is 4. The molecule has 1 heterocycles. The molecule has 19 heavy (non-hydrogen) atoms. The van der Waals surface area contributed by atoms with Gasteiger partial charge >= 0.3 is 5.97 Å². The van der Waals surface area contributed by atoms with Crippen molar-refractivity contribution in [1.29, 1.82) is 0 Å². The molecule has 6 nitrogen and oxygen atoms in total. The van der Waals surface area contributed by atoms with Crippen LogP contribution in [0.1, 0.15) is 26.2 Å². The summed E-state index contributed by atoms with van der Waals surface area (Å²) >= 11 is 0. The van der Waals surface area contributed by atoms with Crippen LogP contribution in [0.3, 0.4) is 0 Å². The van der Waals surface area contributed by atoms with Gasteiger partial charge in [-0.05, 0) is 13.5 Å². The molecule has 0 aliphatic carbocycles. The number of amides is 1. The molecule has 0 aromatic heterocycles. The summed E-state index contributed by atoms with van der Waals surface area (Å²) in [7, 11) is 2.10. The number of carboxylic acid groups (broad SMARTS) is 1. The highest BCUT2D eigenvalue weighted by Crippen LogP contribution is 2.02. The van der Waals surface area contributed by atoms with Crippen LogP contribution in [0.5, 0.6) is 0 Å². The second-order valence-corrected chi connectivity index (χ2v) is 5.17. The molecule has 1 unspecified atom stereocenters. The third kappa shape index (κ3) is 6.54. The van der Waals surface area contributed by atoms with E-state index in [0.29, 0.717) is 12.8 Å². The van der Waals surface area contributed by atoms with Crippen LogP contribution in [0.4, 0.5) is 0 Å². The van der Waals surface area contributed by atoms with Crippen LogP contribution in [0, 0.1) is 0 Å². The lowest BCUT2D eigenvalue weighted by Crippen LogP contribution is -2.46. The zero-order valence-electron chi connectivity index (χ0n) is 11.9. The van der Waals surface area contributed by atoms with Crippen molar-refractivity contribution in [3.63, 3.8) is 0 Å². The minimum absolute atomic E-state index is 0.00323. The number of carboxylic acids is 1. The highest BCUT2D eigenvalue weighted by atomic mass is 16.4. The van der Waals surface area contributed by atoms with Gasteiger partial charge in [-0.15, -0.1) is 0 Å². The van der Waals surface area contributed by atoms with Gasteiger partial charge in [-0.3, -0.25) is 9.59 Å². The highest BCUT2D eigenvalue weighted by Gasteiger charge is 2.17. The Morgan fingerprint density at radius 3 is 2.42 bits per heavy atom. The van der Waals surface area contributed by atoms with E-state index in [1.54, 1.807) is 0 Å². The van der Waals surface area contributed by atoms with E-state index in [2.05, 4.69) is 22.2 Å². The minimum atomic E-state index is -0.869. The van der Waals surface area contributed by atoms with Crippen LogP contribution in [0.25, 0.3) is 0 Å². The van der Waals surface area contributed by atoms with Gasteiger partial charge in [-0.25, -0.2) is 0 Å². The largest absolute Gasteiger partial charge is 0.481 e. The molecule has 0 aromatic rings. The number of aliphatic carboxylic acids is 1. The Bertz CT molecular complexity index is 302. The normalized spacial score (nSPS) is 19.1. The maximum absolute atomic E-state index is 11.8. The van der Waals surface area contributed by atoms with Gasteiger partial charge in [0.1, 0.15) is 0 Å². The van der Waals surface area contributed by atoms with Gasteiger partial charge in [0.25, 0.3) is 0 Å². The fourth-order valence-corrected chi connectivity index (χ4v) is 2.14. The molecular weight excluding hydrogens is 246 g/mol. The molecular formula is C13H25N3O3. The Morgan fingerprint density at radius 2 is 1.89 bits per heavy atom. The van der Waals surface area contributed by atoms with E-state index in [-0.39, 0.29) is 18.4 Å². The maximum atomic E-state index is 11.8. The summed E-state index contributed by atoms with van der Waals surface area (Å²) in [6.07, 6.45) is 1.09. The van der Waals surface area contributed by atoms with Crippen LogP contribution in [0.2, 0.25) is 0 Å². The van der Waals surface area contributed by atoms with Crippen LogP contribution in [0.15, 0.2) is 0 Å². The summed E-state index contributed by atoms with van der Waals surface area (Å²) in [6.45, 7) is 6.71. The molecule has 6 heteroatoms. The molecule has 1 saturated heterocycles. The molecule has 0 saturated carbocycles. The summed E-state index contributed by atoms with van der Waals surface area (Å²) in [4.78, 5) is 26.9. The molecule has 0 aromatic carbocycles. The summed E-state index contributed by atoms with van der Waals surface area (Å²) in [5.74, 6) is -0.918. The third-order valence-electron chi connectivity index (χ3n) is 3.53. The molecule has 1 aliphatic heterocycles. The molecule has 1 atom stereocenters. The first-order valence-corrected chi connectivity index (χ1v) is 6.93. The molecule has 0 spiro atoms. The fourth-order valence-electron chi connectivity index (χ4n) is 2.14. The van der Waals surface area contributed by atoms with E-state index in [1.807, 2.05) is 6.92 Å². The first-order chi connectivity index (χ1) is 9.01. The molecule has 0 radical (unpaired) electrons. The van der Waals surface area contributed by atoms with Crippen molar-refractivity contribution in [1.82, 2.24) is 15.1 Å². The van der Waals surface area contributed by atoms with Crippen LogP contribution in [-0.2, 0) is 9.59 Å². The number of carbonyl (C=O) groups excluding carboxylic acids is 1. The van der Waals surface area contributed by atoms with Gasteiger partial charge in [-0.2, -0.15) is 0 Å². The topological polar surface area (TPSA) is 72.9 Å². The van der Waals surface area contributed by atoms with Crippen molar-refractivity contribution >= 4 is 11.9 Å².